The maximum absolute atomic E-state index is 12.9. The fourth-order valence-corrected chi connectivity index (χ4v) is 14.4. The Morgan fingerprint density at radius 2 is 0.570 bits per heavy atom. The normalized spacial score (nSPS) is 13.1. The molecule has 0 radical (unpaired) electrons. The minimum atomic E-state index is -4.40. The van der Waals surface area contributed by atoms with Crippen molar-refractivity contribution in [3.05, 3.63) is 48.6 Å². The average molecular weight is 1430 g/mol. The third-order valence-electron chi connectivity index (χ3n) is 20.4. The van der Waals surface area contributed by atoms with E-state index in [1.807, 2.05) is 21.1 Å². The first-order valence-corrected chi connectivity index (χ1v) is 45.9. The van der Waals surface area contributed by atoms with Crippen molar-refractivity contribution in [2.45, 2.75) is 469 Å². The second-order valence-electron chi connectivity index (χ2n) is 31.6. The summed E-state index contributed by atoms with van der Waals surface area (Å²) in [6.07, 6.45) is 109. The third kappa shape index (κ3) is 84.9. The summed E-state index contributed by atoms with van der Waals surface area (Å²) in [7, 11) is 1.50. The van der Waals surface area contributed by atoms with E-state index >= 15 is 0 Å². The van der Waals surface area contributed by atoms with Crippen LogP contribution in [0.4, 0.5) is 0 Å². The Labute approximate surface area is 624 Å². The molecule has 590 valence electrons. The predicted octanol–water partition coefficient (Wildman–Crippen LogP) is 29.9. The second-order valence-corrected chi connectivity index (χ2v) is 33.1. The zero-order valence-electron chi connectivity index (χ0n) is 67.7. The zero-order valence-corrected chi connectivity index (χ0v) is 68.6. The van der Waals surface area contributed by atoms with Crippen LogP contribution in [0.1, 0.15) is 463 Å². The van der Waals surface area contributed by atoms with Gasteiger partial charge < -0.3 is 18.9 Å². The van der Waals surface area contributed by atoms with Crippen LogP contribution in [0.5, 0.6) is 0 Å². The van der Waals surface area contributed by atoms with Crippen LogP contribution >= 0.6 is 7.82 Å². The molecule has 0 saturated carbocycles. The molecule has 2 unspecified atom stereocenters. The summed E-state index contributed by atoms with van der Waals surface area (Å²) in [5.74, 6) is -0.769. The van der Waals surface area contributed by atoms with Gasteiger partial charge in [-0.15, -0.1) is 0 Å². The van der Waals surface area contributed by atoms with Crippen LogP contribution < -0.4 is 0 Å². The molecule has 9 nitrogen and oxygen atoms in total. The van der Waals surface area contributed by atoms with Gasteiger partial charge in [0.1, 0.15) is 19.8 Å². The van der Waals surface area contributed by atoms with Crippen molar-refractivity contribution in [2.24, 2.45) is 0 Å². The van der Waals surface area contributed by atoms with E-state index in [1.54, 1.807) is 0 Å². The van der Waals surface area contributed by atoms with Gasteiger partial charge in [-0.3, -0.25) is 18.6 Å². The number of hydrogen-bond donors (Lipinski definition) is 1. The molecular formula is C90H173NO8P+. The Balaban J connectivity index is 3.83. The van der Waals surface area contributed by atoms with Crippen molar-refractivity contribution in [1.82, 2.24) is 0 Å². The molecule has 2 atom stereocenters. The first-order chi connectivity index (χ1) is 49.0. The van der Waals surface area contributed by atoms with Crippen LogP contribution in [-0.4, -0.2) is 74.9 Å². The fraction of sp³-hybridized carbons (Fsp3) is 0.889. The number of carbonyl (C=O) groups excluding carboxylic acids is 2. The average Bonchev–Trinajstić information content (AvgIpc) is 1.65. The van der Waals surface area contributed by atoms with Gasteiger partial charge in [-0.2, -0.15) is 0 Å². The lowest BCUT2D eigenvalue weighted by Crippen LogP contribution is -2.37. The molecule has 100 heavy (non-hydrogen) atoms. The zero-order chi connectivity index (χ0) is 72.5. The highest BCUT2D eigenvalue weighted by Gasteiger charge is 2.27. The van der Waals surface area contributed by atoms with E-state index in [4.69, 9.17) is 18.5 Å². The van der Waals surface area contributed by atoms with Crippen LogP contribution in [0, 0.1) is 0 Å². The molecule has 0 rings (SSSR count). The summed E-state index contributed by atoms with van der Waals surface area (Å²) in [5, 5.41) is 0. The number of ether oxygens (including phenoxy) is 2. The summed E-state index contributed by atoms with van der Waals surface area (Å²) < 4.78 is 34.9. The van der Waals surface area contributed by atoms with Gasteiger partial charge in [0.25, 0.3) is 0 Å². The number of phosphoric ester groups is 1. The Morgan fingerprint density at radius 3 is 0.850 bits per heavy atom. The molecule has 0 bridgehead atoms. The molecule has 0 spiro atoms. The topological polar surface area (TPSA) is 108 Å². The van der Waals surface area contributed by atoms with E-state index in [1.165, 1.54) is 372 Å². The van der Waals surface area contributed by atoms with Gasteiger partial charge in [0.2, 0.25) is 0 Å². The Kier molecular flexibility index (Phi) is 79.4. The van der Waals surface area contributed by atoms with Crippen molar-refractivity contribution in [3.63, 3.8) is 0 Å². The lowest BCUT2D eigenvalue weighted by Gasteiger charge is -2.24. The summed E-state index contributed by atoms with van der Waals surface area (Å²) >= 11 is 0. The van der Waals surface area contributed by atoms with Gasteiger partial charge in [0.05, 0.1) is 27.7 Å². The molecular weight excluding hydrogens is 1250 g/mol. The molecule has 0 aliphatic carbocycles. The molecule has 0 saturated heterocycles. The predicted molar refractivity (Wildman–Crippen MR) is 437 cm³/mol. The summed E-state index contributed by atoms with van der Waals surface area (Å²) in [6, 6.07) is 0. The van der Waals surface area contributed by atoms with Crippen molar-refractivity contribution < 1.29 is 42.1 Å². The molecule has 0 aromatic rings. The number of carbonyl (C=O) groups is 2. The molecule has 0 aromatic heterocycles. The number of phosphoric acid groups is 1. The number of quaternary nitrogens is 1. The van der Waals surface area contributed by atoms with E-state index in [9.17, 15) is 19.0 Å². The van der Waals surface area contributed by atoms with E-state index in [0.717, 1.165) is 57.8 Å². The molecule has 0 aromatic carbocycles. The van der Waals surface area contributed by atoms with E-state index < -0.39 is 26.5 Å². The van der Waals surface area contributed by atoms with Gasteiger partial charge in [-0.05, 0) is 51.4 Å². The summed E-state index contributed by atoms with van der Waals surface area (Å²) in [5.41, 5.74) is 0. The van der Waals surface area contributed by atoms with Crippen LogP contribution in [0.2, 0.25) is 0 Å². The van der Waals surface area contributed by atoms with Crippen LogP contribution in [0.3, 0.4) is 0 Å². The molecule has 0 aliphatic heterocycles. The van der Waals surface area contributed by atoms with Crippen molar-refractivity contribution in [1.29, 1.82) is 0 Å². The van der Waals surface area contributed by atoms with Crippen molar-refractivity contribution >= 4 is 19.8 Å². The smallest absolute Gasteiger partial charge is 0.462 e. The van der Waals surface area contributed by atoms with Gasteiger partial charge in [-0.25, -0.2) is 4.57 Å². The number of hydrogen-bond acceptors (Lipinski definition) is 7. The number of rotatable bonds is 84. The Morgan fingerprint density at radius 1 is 0.320 bits per heavy atom. The number of allylic oxidation sites excluding steroid dienone is 8. The standard InChI is InChI=1S/C90H172NO8P/c1-6-8-10-12-14-16-18-20-22-24-26-28-30-32-34-36-38-40-42-43-44-45-46-47-49-50-52-54-56-58-60-62-64-66-68-70-72-74-76-78-80-82-89(92)96-86-88(87-98-100(94,95)97-85-84-91(3,4)5)99-90(93)83-81-79-77-75-73-71-69-67-65-63-61-59-57-55-53-51-48-41-39-37-35-33-31-29-27-25-23-21-19-17-15-13-11-9-7-2/h9,11,15,17,21,23,27,29,88H,6-8,10,12-14,16,18-20,22,24-26,28,30-87H2,1-5H3/p+1/b11-9-,17-15-,23-21-,29-27-. The molecule has 0 amide bonds. The van der Waals surface area contributed by atoms with E-state index in [0.29, 0.717) is 23.9 Å². The van der Waals surface area contributed by atoms with Crippen LogP contribution in [0.25, 0.3) is 0 Å². The lowest BCUT2D eigenvalue weighted by molar-refractivity contribution is -0.870. The number of esters is 2. The van der Waals surface area contributed by atoms with Gasteiger partial charge in [0.15, 0.2) is 6.10 Å². The minimum Gasteiger partial charge on any atom is -0.462 e. The minimum absolute atomic E-state index is 0.0351. The highest BCUT2D eigenvalue weighted by Crippen LogP contribution is 2.43. The molecule has 0 heterocycles. The van der Waals surface area contributed by atoms with Crippen LogP contribution in [-0.2, 0) is 32.7 Å². The number of nitrogens with zero attached hydrogens (tertiary/aromatic N) is 1. The van der Waals surface area contributed by atoms with Crippen LogP contribution in [0.15, 0.2) is 48.6 Å². The van der Waals surface area contributed by atoms with E-state index in [-0.39, 0.29) is 25.6 Å². The molecule has 10 heteroatoms. The van der Waals surface area contributed by atoms with Gasteiger partial charge >= 0.3 is 19.8 Å². The largest absolute Gasteiger partial charge is 0.472 e. The Bertz CT molecular complexity index is 1830. The Hall–Kier alpha value is -2.03. The van der Waals surface area contributed by atoms with Crippen molar-refractivity contribution in [2.75, 3.05) is 47.5 Å². The lowest BCUT2D eigenvalue weighted by atomic mass is 10.0. The second kappa shape index (κ2) is 81.1. The first-order valence-electron chi connectivity index (χ1n) is 44.4. The number of likely N-dealkylation sites (N-methyl/N-ethyl adjacent to an activating group) is 1. The maximum Gasteiger partial charge on any atom is 0.472 e. The first kappa shape index (κ1) is 98.0. The van der Waals surface area contributed by atoms with Gasteiger partial charge in [-0.1, -0.05) is 448 Å². The highest BCUT2D eigenvalue weighted by atomic mass is 31.2. The SMILES string of the molecule is CC/C=C\C/C=C\C/C=C\C/C=C\CCCCCCCCCCCCCCCCCCCCCCCCC(=O)OC(COC(=O)CCCCCCCCCCCCCCCCCCCCCCCCCCCCCCCCCCCCCCCCCCC)COP(=O)(O)OCC[N+](C)(C)C. The summed E-state index contributed by atoms with van der Waals surface area (Å²) in [6.45, 7) is 4.41. The quantitative estimate of drug-likeness (QED) is 0.0211. The summed E-state index contributed by atoms with van der Waals surface area (Å²) in [4.78, 5) is 36.1. The monoisotopic (exact) mass is 1430 g/mol. The van der Waals surface area contributed by atoms with Crippen molar-refractivity contribution in [3.8, 4) is 0 Å². The van der Waals surface area contributed by atoms with E-state index in [2.05, 4.69) is 62.5 Å². The highest BCUT2D eigenvalue weighted by molar-refractivity contribution is 7.47. The van der Waals surface area contributed by atoms with Gasteiger partial charge in [0, 0.05) is 12.8 Å². The fourth-order valence-electron chi connectivity index (χ4n) is 13.7. The molecule has 0 aliphatic rings. The maximum atomic E-state index is 12.9. The molecule has 0 fully saturated rings. The number of unbranched alkanes of at least 4 members (excludes halogenated alkanes) is 62. The molecule has 1 N–H and O–H groups in total. The third-order valence-corrected chi connectivity index (χ3v) is 21.4.